The van der Waals surface area contributed by atoms with E-state index in [1.807, 2.05) is 6.92 Å². The first-order chi connectivity index (χ1) is 10.1. The Bertz CT molecular complexity index is 680. The van der Waals surface area contributed by atoms with Gasteiger partial charge in [-0.1, -0.05) is 43.3 Å². The minimum atomic E-state index is -0.398. The number of para-hydroxylation sites is 1. The van der Waals surface area contributed by atoms with Crippen molar-refractivity contribution in [3.05, 3.63) is 50.4 Å². The molecule has 1 aromatic carbocycles. The monoisotopic (exact) mass is 308 g/mol. The summed E-state index contributed by atoms with van der Waals surface area (Å²) in [7, 11) is 0. The number of nitro groups is 1. The van der Waals surface area contributed by atoms with Crippen LogP contribution in [0.25, 0.3) is 0 Å². The molecular formula is C13H16N4O3S. The van der Waals surface area contributed by atoms with Crippen molar-refractivity contribution in [1.82, 2.24) is 14.8 Å². The van der Waals surface area contributed by atoms with Crippen LogP contribution in [0.2, 0.25) is 0 Å². The molecule has 0 saturated heterocycles. The van der Waals surface area contributed by atoms with Crippen molar-refractivity contribution in [3.8, 4) is 0 Å². The average molecular weight is 308 g/mol. The third-order valence-corrected chi connectivity index (χ3v) is 4.03. The molecule has 0 atom stereocenters. The molecule has 0 aliphatic heterocycles. The predicted molar refractivity (Wildman–Crippen MR) is 80.4 cm³/mol. The molecule has 0 bridgehead atoms. The average Bonchev–Trinajstić information content (AvgIpc) is 2.83. The Hall–Kier alpha value is -2.09. The second-order valence-electron chi connectivity index (χ2n) is 4.49. The Morgan fingerprint density at radius 3 is 2.90 bits per heavy atom. The van der Waals surface area contributed by atoms with Gasteiger partial charge in [0.2, 0.25) is 0 Å². The fraction of sp³-hybridized carbons (Fsp3) is 0.385. The summed E-state index contributed by atoms with van der Waals surface area (Å²) in [5.74, 6) is 0.396. The maximum atomic E-state index is 11.7. The molecular weight excluding hydrogens is 292 g/mol. The number of H-pyrrole nitrogens is 1. The summed E-state index contributed by atoms with van der Waals surface area (Å²) in [5, 5.41) is 17.9. The molecule has 1 heterocycles. The quantitative estimate of drug-likeness (QED) is 0.482. The molecule has 7 nitrogen and oxygen atoms in total. The minimum Gasteiger partial charge on any atom is -0.270 e. The maximum Gasteiger partial charge on any atom is 0.343 e. The van der Waals surface area contributed by atoms with Gasteiger partial charge in [0.1, 0.15) is 0 Å². The van der Waals surface area contributed by atoms with Crippen molar-refractivity contribution in [2.75, 3.05) is 0 Å². The number of thioether (sulfide) groups is 1. The molecule has 21 heavy (non-hydrogen) atoms. The van der Waals surface area contributed by atoms with E-state index in [4.69, 9.17) is 0 Å². The second-order valence-corrected chi connectivity index (χ2v) is 5.43. The number of rotatable bonds is 7. The van der Waals surface area contributed by atoms with Crippen LogP contribution in [0.15, 0.2) is 34.2 Å². The van der Waals surface area contributed by atoms with Crippen LogP contribution in [0.4, 0.5) is 5.69 Å². The molecule has 0 fully saturated rings. The van der Waals surface area contributed by atoms with E-state index < -0.39 is 4.92 Å². The fourth-order valence-corrected chi connectivity index (χ4v) is 2.85. The van der Waals surface area contributed by atoms with Gasteiger partial charge in [0.05, 0.1) is 4.92 Å². The summed E-state index contributed by atoms with van der Waals surface area (Å²) in [6.45, 7) is 2.65. The number of hydrogen-bond donors (Lipinski definition) is 1. The lowest BCUT2D eigenvalue weighted by atomic mass is 10.2. The van der Waals surface area contributed by atoms with Gasteiger partial charge in [0, 0.05) is 23.9 Å². The summed E-state index contributed by atoms with van der Waals surface area (Å²) in [4.78, 5) is 22.2. The van der Waals surface area contributed by atoms with E-state index in [1.165, 1.54) is 17.8 Å². The standard InChI is InChI=1S/C13H16N4O3S/c1-2-3-8-16-12(18)14-15-13(16)21-9-10-6-4-5-7-11(10)17(19)20/h4-7H,2-3,8-9H2,1H3,(H,14,18). The number of benzene rings is 1. The molecule has 1 N–H and O–H groups in total. The number of nitro benzene ring substituents is 1. The van der Waals surface area contributed by atoms with Crippen molar-refractivity contribution >= 4 is 17.4 Å². The molecule has 0 spiro atoms. The van der Waals surface area contributed by atoms with Gasteiger partial charge in [-0.2, -0.15) is 0 Å². The number of unbranched alkanes of at least 4 members (excludes halogenated alkanes) is 1. The van der Waals surface area contributed by atoms with Crippen LogP contribution >= 0.6 is 11.8 Å². The summed E-state index contributed by atoms with van der Waals surface area (Å²) < 4.78 is 1.57. The van der Waals surface area contributed by atoms with E-state index in [-0.39, 0.29) is 11.4 Å². The van der Waals surface area contributed by atoms with E-state index in [1.54, 1.807) is 22.8 Å². The highest BCUT2D eigenvalue weighted by Gasteiger charge is 2.14. The molecule has 0 unspecified atom stereocenters. The highest BCUT2D eigenvalue weighted by atomic mass is 32.2. The zero-order chi connectivity index (χ0) is 15.2. The van der Waals surface area contributed by atoms with Crippen LogP contribution < -0.4 is 5.69 Å². The Kier molecular flexibility index (Phi) is 5.15. The minimum absolute atomic E-state index is 0.0861. The van der Waals surface area contributed by atoms with Crippen molar-refractivity contribution in [2.45, 2.75) is 37.2 Å². The van der Waals surface area contributed by atoms with Crippen molar-refractivity contribution in [1.29, 1.82) is 0 Å². The van der Waals surface area contributed by atoms with E-state index in [0.717, 1.165) is 12.8 Å². The number of aromatic nitrogens is 3. The lowest BCUT2D eigenvalue weighted by Gasteiger charge is -2.05. The highest BCUT2D eigenvalue weighted by molar-refractivity contribution is 7.98. The zero-order valence-electron chi connectivity index (χ0n) is 11.6. The van der Waals surface area contributed by atoms with Crippen LogP contribution in [0, 0.1) is 10.1 Å². The highest BCUT2D eigenvalue weighted by Crippen LogP contribution is 2.26. The number of hydrogen-bond acceptors (Lipinski definition) is 5. The molecule has 8 heteroatoms. The smallest absolute Gasteiger partial charge is 0.270 e. The molecule has 2 rings (SSSR count). The van der Waals surface area contributed by atoms with Crippen molar-refractivity contribution < 1.29 is 4.92 Å². The molecule has 112 valence electrons. The van der Waals surface area contributed by atoms with E-state index in [9.17, 15) is 14.9 Å². The van der Waals surface area contributed by atoms with Crippen molar-refractivity contribution in [3.63, 3.8) is 0 Å². The lowest BCUT2D eigenvalue weighted by Crippen LogP contribution is -2.17. The summed E-state index contributed by atoms with van der Waals surface area (Å²) in [6, 6.07) is 6.59. The number of nitrogens with zero attached hydrogens (tertiary/aromatic N) is 3. The molecule has 1 aromatic heterocycles. The van der Waals surface area contributed by atoms with Crippen LogP contribution in [0.1, 0.15) is 25.3 Å². The fourth-order valence-electron chi connectivity index (χ4n) is 1.88. The predicted octanol–water partition coefficient (Wildman–Crippen LogP) is 2.57. The maximum absolute atomic E-state index is 11.7. The van der Waals surface area contributed by atoms with Crippen molar-refractivity contribution in [2.24, 2.45) is 0 Å². The summed E-state index contributed by atoms with van der Waals surface area (Å²) in [6.07, 6.45) is 1.87. The molecule has 0 amide bonds. The Balaban J connectivity index is 2.14. The topological polar surface area (TPSA) is 93.8 Å². The SMILES string of the molecule is CCCCn1c(SCc2ccccc2[N+](=O)[O-])n[nH]c1=O. The summed E-state index contributed by atoms with van der Waals surface area (Å²) in [5.41, 5.74) is 0.460. The molecule has 0 aliphatic rings. The van der Waals surface area contributed by atoms with Crippen LogP contribution in [0.3, 0.4) is 0 Å². The van der Waals surface area contributed by atoms with Gasteiger partial charge in [-0.15, -0.1) is 5.10 Å². The third-order valence-electron chi connectivity index (χ3n) is 3.00. The molecule has 0 aliphatic carbocycles. The summed E-state index contributed by atoms with van der Waals surface area (Å²) >= 11 is 1.32. The number of nitrogens with one attached hydrogen (secondary N) is 1. The molecule has 0 saturated carbocycles. The van der Waals surface area contributed by atoms with Gasteiger partial charge in [-0.25, -0.2) is 9.89 Å². The van der Waals surface area contributed by atoms with Gasteiger partial charge in [0.25, 0.3) is 5.69 Å². The van der Waals surface area contributed by atoms with Crippen LogP contribution in [-0.4, -0.2) is 19.7 Å². The molecule has 0 radical (unpaired) electrons. The first-order valence-electron chi connectivity index (χ1n) is 6.63. The third kappa shape index (κ3) is 3.72. The largest absolute Gasteiger partial charge is 0.343 e. The van der Waals surface area contributed by atoms with Gasteiger partial charge in [0.15, 0.2) is 5.16 Å². The van der Waals surface area contributed by atoms with Gasteiger partial charge >= 0.3 is 5.69 Å². The second kappa shape index (κ2) is 7.07. The van der Waals surface area contributed by atoms with Gasteiger partial charge < -0.3 is 0 Å². The Morgan fingerprint density at radius 2 is 2.19 bits per heavy atom. The van der Waals surface area contributed by atoms with Gasteiger partial charge in [-0.3, -0.25) is 14.7 Å². The van der Waals surface area contributed by atoms with E-state index in [2.05, 4.69) is 10.2 Å². The zero-order valence-corrected chi connectivity index (χ0v) is 12.4. The Morgan fingerprint density at radius 1 is 1.43 bits per heavy atom. The van der Waals surface area contributed by atoms with Crippen LogP contribution in [0.5, 0.6) is 0 Å². The van der Waals surface area contributed by atoms with Crippen LogP contribution in [-0.2, 0) is 12.3 Å². The normalized spacial score (nSPS) is 10.7. The lowest BCUT2D eigenvalue weighted by molar-refractivity contribution is -0.385. The van der Waals surface area contributed by atoms with E-state index in [0.29, 0.717) is 23.0 Å². The number of aromatic amines is 1. The first-order valence-corrected chi connectivity index (χ1v) is 7.62. The Labute approximate surface area is 125 Å². The van der Waals surface area contributed by atoms with E-state index >= 15 is 0 Å². The molecule has 2 aromatic rings. The first kappa shape index (κ1) is 15.3. The van der Waals surface area contributed by atoms with Gasteiger partial charge in [-0.05, 0) is 6.42 Å².